The fraction of sp³-hybridized carbons (Fsp3) is 0.571. The van der Waals surface area contributed by atoms with Crippen molar-refractivity contribution in [3.05, 3.63) is 34.9 Å². The number of aryl methyl sites for hydroxylation is 1. The van der Waals surface area contributed by atoms with Crippen LogP contribution in [0.3, 0.4) is 0 Å². The molecule has 1 unspecified atom stereocenters. The van der Waals surface area contributed by atoms with Crippen LogP contribution in [0.4, 0.5) is 0 Å². The fourth-order valence-corrected chi connectivity index (χ4v) is 1.84. The van der Waals surface area contributed by atoms with Gasteiger partial charge in [0.1, 0.15) is 0 Å². The largest absolute Gasteiger partial charge is 0.380 e. The summed E-state index contributed by atoms with van der Waals surface area (Å²) in [6, 6.07) is 6.87. The molecule has 0 aliphatic carbocycles. The third-order valence-electron chi connectivity index (χ3n) is 3.01. The Kier molecular flexibility index (Phi) is 5.50. The Morgan fingerprint density at radius 1 is 1.31 bits per heavy atom. The van der Waals surface area contributed by atoms with Crippen LogP contribution in [0, 0.1) is 13.8 Å². The van der Waals surface area contributed by atoms with Crippen LogP contribution in [0.1, 0.15) is 36.6 Å². The van der Waals surface area contributed by atoms with E-state index in [0.717, 1.165) is 19.8 Å². The molecule has 0 saturated carbocycles. The van der Waals surface area contributed by atoms with Gasteiger partial charge in [0, 0.05) is 19.2 Å². The predicted molar refractivity (Wildman–Crippen MR) is 68.8 cm³/mol. The minimum atomic E-state index is 0.389. The zero-order valence-corrected chi connectivity index (χ0v) is 10.8. The lowest BCUT2D eigenvalue weighted by molar-refractivity contribution is 0.147. The molecule has 0 bridgehead atoms. The first kappa shape index (κ1) is 13.2. The summed E-state index contributed by atoms with van der Waals surface area (Å²) in [5, 5.41) is 3.48. The summed E-state index contributed by atoms with van der Waals surface area (Å²) >= 11 is 0. The van der Waals surface area contributed by atoms with Crippen molar-refractivity contribution in [1.29, 1.82) is 0 Å². The Hall–Kier alpha value is -0.860. The lowest BCUT2D eigenvalue weighted by Crippen LogP contribution is -2.24. The lowest BCUT2D eigenvalue weighted by Gasteiger charge is -2.17. The van der Waals surface area contributed by atoms with E-state index >= 15 is 0 Å². The van der Waals surface area contributed by atoms with Gasteiger partial charge in [-0.25, -0.2) is 0 Å². The van der Waals surface area contributed by atoms with E-state index in [1.165, 1.54) is 16.7 Å². The van der Waals surface area contributed by atoms with E-state index in [9.17, 15) is 0 Å². The van der Waals surface area contributed by atoms with Crippen molar-refractivity contribution < 1.29 is 4.74 Å². The van der Waals surface area contributed by atoms with Crippen molar-refractivity contribution in [2.45, 2.75) is 33.7 Å². The first-order valence-corrected chi connectivity index (χ1v) is 6.04. The van der Waals surface area contributed by atoms with Gasteiger partial charge in [0.2, 0.25) is 0 Å². The summed E-state index contributed by atoms with van der Waals surface area (Å²) in [7, 11) is 0. The van der Waals surface area contributed by atoms with Gasteiger partial charge in [-0.15, -0.1) is 0 Å². The van der Waals surface area contributed by atoms with Crippen molar-refractivity contribution >= 4 is 0 Å². The third kappa shape index (κ3) is 3.62. The van der Waals surface area contributed by atoms with E-state index in [4.69, 9.17) is 4.74 Å². The van der Waals surface area contributed by atoms with Gasteiger partial charge in [-0.3, -0.25) is 0 Å². The van der Waals surface area contributed by atoms with Gasteiger partial charge < -0.3 is 10.1 Å². The van der Waals surface area contributed by atoms with E-state index < -0.39 is 0 Å². The molecular formula is C14H23NO. The fourth-order valence-electron chi connectivity index (χ4n) is 1.84. The van der Waals surface area contributed by atoms with Crippen molar-refractivity contribution in [2.75, 3.05) is 19.8 Å². The van der Waals surface area contributed by atoms with Gasteiger partial charge in [-0.05, 0) is 44.4 Å². The number of hydrogen-bond acceptors (Lipinski definition) is 2. The quantitative estimate of drug-likeness (QED) is 0.746. The lowest BCUT2D eigenvalue weighted by atomic mass is 9.98. The second-order valence-electron chi connectivity index (χ2n) is 4.16. The predicted octanol–water partition coefficient (Wildman–Crippen LogP) is 2.99. The molecule has 1 N–H and O–H groups in total. The molecule has 2 heteroatoms. The van der Waals surface area contributed by atoms with Crippen molar-refractivity contribution in [3.8, 4) is 0 Å². The van der Waals surface area contributed by atoms with E-state index in [1.54, 1.807) is 0 Å². The van der Waals surface area contributed by atoms with Crippen LogP contribution >= 0.6 is 0 Å². The second kappa shape index (κ2) is 6.66. The van der Waals surface area contributed by atoms with Gasteiger partial charge in [-0.2, -0.15) is 0 Å². The molecule has 0 fully saturated rings. The van der Waals surface area contributed by atoms with Crippen LogP contribution < -0.4 is 5.32 Å². The molecule has 0 aromatic heterocycles. The molecule has 1 atom stereocenters. The number of nitrogens with one attached hydrogen (secondary N) is 1. The maximum atomic E-state index is 5.31. The Balaban J connectivity index is 2.52. The average Bonchev–Trinajstić information content (AvgIpc) is 2.28. The van der Waals surface area contributed by atoms with Gasteiger partial charge >= 0.3 is 0 Å². The van der Waals surface area contributed by atoms with E-state index in [2.05, 4.69) is 44.3 Å². The normalized spacial score (nSPS) is 12.8. The summed E-state index contributed by atoms with van der Waals surface area (Å²) in [6.45, 7) is 11.0. The smallest absolute Gasteiger partial charge is 0.0590 e. The summed E-state index contributed by atoms with van der Waals surface area (Å²) in [4.78, 5) is 0. The molecule has 0 aliphatic rings. The van der Waals surface area contributed by atoms with Crippen LogP contribution in [-0.4, -0.2) is 19.8 Å². The summed E-state index contributed by atoms with van der Waals surface area (Å²) in [5.41, 5.74) is 4.13. The maximum Gasteiger partial charge on any atom is 0.0590 e. The topological polar surface area (TPSA) is 21.3 Å². The number of ether oxygens (including phenoxy) is 1. The van der Waals surface area contributed by atoms with Crippen molar-refractivity contribution in [2.24, 2.45) is 0 Å². The molecule has 0 heterocycles. The summed E-state index contributed by atoms with van der Waals surface area (Å²) in [5.74, 6) is 0. The molecule has 0 spiro atoms. The molecule has 0 amide bonds. The van der Waals surface area contributed by atoms with Gasteiger partial charge in [0.25, 0.3) is 0 Å². The molecule has 1 aromatic carbocycles. The highest BCUT2D eigenvalue weighted by Gasteiger charge is 2.08. The zero-order valence-electron chi connectivity index (χ0n) is 10.8. The van der Waals surface area contributed by atoms with E-state index in [1.807, 2.05) is 6.92 Å². The van der Waals surface area contributed by atoms with Gasteiger partial charge in [-0.1, -0.05) is 18.2 Å². The third-order valence-corrected chi connectivity index (χ3v) is 3.01. The van der Waals surface area contributed by atoms with Crippen molar-refractivity contribution in [1.82, 2.24) is 5.32 Å². The molecule has 16 heavy (non-hydrogen) atoms. The SMILES string of the molecule is CCOCCNC(C)c1cccc(C)c1C. The first-order chi connectivity index (χ1) is 7.66. The van der Waals surface area contributed by atoms with Crippen LogP contribution in [0.5, 0.6) is 0 Å². The van der Waals surface area contributed by atoms with Crippen molar-refractivity contribution in [3.63, 3.8) is 0 Å². The Labute approximate surface area is 99.0 Å². The van der Waals surface area contributed by atoms with Crippen LogP contribution in [0.2, 0.25) is 0 Å². The molecule has 1 rings (SSSR count). The van der Waals surface area contributed by atoms with Crippen LogP contribution in [0.25, 0.3) is 0 Å². The standard InChI is InChI=1S/C14H23NO/c1-5-16-10-9-15-13(4)14-8-6-7-11(2)12(14)3/h6-8,13,15H,5,9-10H2,1-4H3. The van der Waals surface area contributed by atoms with Gasteiger partial charge in [0.15, 0.2) is 0 Å². The maximum absolute atomic E-state index is 5.31. The van der Waals surface area contributed by atoms with Crippen LogP contribution in [0.15, 0.2) is 18.2 Å². The molecular weight excluding hydrogens is 198 g/mol. The molecule has 0 radical (unpaired) electrons. The Morgan fingerprint density at radius 3 is 2.75 bits per heavy atom. The monoisotopic (exact) mass is 221 g/mol. The highest BCUT2D eigenvalue weighted by molar-refractivity contribution is 5.34. The highest BCUT2D eigenvalue weighted by Crippen LogP contribution is 2.19. The molecule has 90 valence electrons. The minimum absolute atomic E-state index is 0.389. The average molecular weight is 221 g/mol. The first-order valence-electron chi connectivity index (χ1n) is 6.04. The highest BCUT2D eigenvalue weighted by atomic mass is 16.5. The Bertz CT molecular complexity index is 323. The molecule has 2 nitrogen and oxygen atoms in total. The van der Waals surface area contributed by atoms with Gasteiger partial charge in [0.05, 0.1) is 6.61 Å². The van der Waals surface area contributed by atoms with Crippen LogP contribution in [-0.2, 0) is 4.74 Å². The van der Waals surface area contributed by atoms with E-state index in [0.29, 0.717) is 6.04 Å². The summed E-state index contributed by atoms with van der Waals surface area (Å²) < 4.78 is 5.31. The number of hydrogen-bond donors (Lipinski definition) is 1. The zero-order chi connectivity index (χ0) is 12.0. The second-order valence-corrected chi connectivity index (χ2v) is 4.16. The summed E-state index contributed by atoms with van der Waals surface area (Å²) in [6.07, 6.45) is 0. The Morgan fingerprint density at radius 2 is 2.06 bits per heavy atom. The number of rotatable bonds is 6. The molecule has 0 saturated heterocycles. The molecule has 0 aliphatic heterocycles. The molecule has 1 aromatic rings. The number of benzene rings is 1. The minimum Gasteiger partial charge on any atom is -0.380 e. The van der Waals surface area contributed by atoms with E-state index in [-0.39, 0.29) is 0 Å².